The first-order valence-corrected chi connectivity index (χ1v) is 20.5. The lowest BCUT2D eigenvalue weighted by molar-refractivity contribution is 0.217. The first kappa shape index (κ1) is 33.5. The van der Waals surface area contributed by atoms with E-state index < -0.39 is 16.6 Å². The number of hydrogen-bond acceptors (Lipinski definition) is 4. The van der Waals surface area contributed by atoms with Crippen LogP contribution in [0.15, 0.2) is 22.6 Å². The summed E-state index contributed by atoms with van der Waals surface area (Å²) in [6, 6.07) is 0. The van der Waals surface area contributed by atoms with Gasteiger partial charge in [0.1, 0.15) is 0 Å². The molecule has 0 saturated carbocycles. The minimum absolute atomic E-state index is 0.0970. The Hall–Kier alpha value is -0.536. The first-order valence-electron chi connectivity index (χ1n) is 13.8. The Morgan fingerprint density at radius 3 is 2.11 bits per heavy atom. The molecule has 0 radical (unpaired) electrons. The van der Waals surface area contributed by atoms with Gasteiger partial charge < -0.3 is 8.85 Å². The van der Waals surface area contributed by atoms with E-state index in [2.05, 4.69) is 118 Å². The van der Waals surface area contributed by atoms with Gasteiger partial charge in [0.2, 0.25) is 0 Å². The summed E-state index contributed by atoms with van der Waals surface area (Å²) < 4.78 is 13.4. The summed E-state index contributed by atoms with van der Waals surface area (Å²) in [7, 11) is -3.55. The summed E-state index contributed by atoms with van der Waals surface area (Å²) in [6.07, 6.45) is 9.22. The Bertz CT molecular complexity index is 872. The highest BCUT2D eigenvalue weighted by atomic mass is 32.1. The largest absolute Gasteiger partial charge is 0.417 e. The number of aryl methyl sites for hydroxylation is 1. The van der Waals surface area contributed by atoms with Crippen LogP contribution in [0.5, 0.6) is 0 Å². The Balaban J connectivity index is 2.77. The van der Waals surface area contributed by atoms with Gasteiger partial charge in [0.05, 0.1) is 16.8 Å². The predicted octanol–water partition coefficient (Wildman–Crippen LogP) is 10.4. The molecule has 6 heteroatoms. The van der Waals surface area contributed by atoms with E-state index in [9.17, 15) is 0 Å². The van der Waals surface area contributed by atoms with Crippen LogP contribution in [0, 0.1) is 12.8 Å². The third kappa shape index (κ3) is 11.1. The summed E-state index contributed by atoms with van der Waals surface area (Å²) in [5.41, 5.74) is 3.78. The van der Waals surface area contributed by atoms with Gasteiger partial charge in [-0.15, -0.1) is 11.3 Å². The summed E-state index contributed by atoms with van der Waals surface area (Å²) in [6.45, 7) is 33.1. The van der Waals surface area contributed by atoms with Crippen molar-refractivity contribution < 1.29 is 8.85 Å². The zero-order valence-corrected chi connectivity index (χ0v) is 28.9. The molecule has 1 aromatic heterocycles. The van der Waals surface area contributed by atoms with E-state index in [1.807, 2.05) is 0 Å². The van der Waals surface area contributed by atoms with Crippen molar-refractivity contribution in [3.8, 4) is 0 Å². The number of rotatable bonds is 13. The van der Waals surface area contributed by atoms with Crippen LogP contribution in [0.25, 0.3) is 6.08 Å². The van der Waals surface area contributed by atoms with Gasteiger partial charge in [0.25, 0.3) is 0 Å². The molecule has 36 heavy (non-hydrogen) atoms. The van der Waals surface area contributed by atoms with Crippen molar-refractivity contribution in [3.05, 3.63) is 33.3 Å². The molecular formula is C30H57NO2SSi2. The predicted molar refractivity (Wildman–Crippen MR) is 167 cm³/mol. The molecule has 0 aromatic carbocycles. The van der Waals surface area contributed by atoms with E-state index in [1.165, 1.54) is 24.0 Å². The molecule has 0 N–H and O–H groups in total. The molecule has 3 nitrogen and oxygen atoms in total. The van der Waals surface area contributed by atoms with Crippen molar-refractivity contribution in [3.63, 3.8) is 0 Å². The van der Waals surface area contributed by atoms with Crippen molar-refractivity contribution in [1.29, 1.82) is 0 Å². The molecule has 0 spiro atoms. The third-order valence-corrected chi connectivity index (χ3v) is 18.0. The van der Waals surface area contributed by atoms with Crippen LogP contribution in [0.2, 0.25) is 36.3 Å². The Morgan fingerprint density at radius 2 is 1.61 bits per heavy atom. The van der Waals surface area contributed by atoms with Crippen LogP contribution >= 0.6 is 11.3 Å². The molecule has 0 aliphatic rings. The highest BCUT2D eigenvalue weighted by molar-refractivity contribution is 7.09. The Morgan fingerprint density at radius 1 is 1.03 bits per heavy atom. The maximum atomic E-state index is 6.92. The lowest BCUT2D eigenvalue weighted by Crippen LogP contribution is -2.44. The van der Waals surface area contributed by atoms with E-state index in [0.717, 1.165) is 30.2 Å². The van der Waals surface area contributed by atoms with Gasteiger partial charge >= 0.3 is 0 Å². The molecule has 0 aliphatic carbocycles. The highest BCUT2D eigenvalue weighted by Crippen LogP contribution is 2.39. The van der Waals surface area contributed by atoms with Crippen LogP contribution in [0.1, 0.15) is 98.7 Å². The summed E-state index contributed by atoms with van der Waals surface area (Å²) in [4.78, 5) is 4.65. The molecule has 0 bridgehead atoms. The summed E-state index contributed by atoms with van der Waals surface area (Å²) in [5.74, 6) is 0.605. The molecule has 2 atom stereocenters. The van der Waals surface area contributed by atoms with Crippen molar-refractivity contribution in [2.45, 2.75) is 137 Å². The lowest BCUT2D eigenvalue weighted by Gasteiger charge is -2.39. The maximum absolute atomic E-state index is 6.92. The van der Waals surface area contributed by atoms with E-state index >= 15 is 0 Å². The number of nitrogens with zero attached hydrogens (tertiary/aromatic N) is 1. The molecular weight excluding hydrogens is 495 g/mol. The van der Waals surface area contributed by atoms with Gasteiger partial charge in [-0.25, -0.2) is 4.98 Å². The van der Waals surface area contributed by atoms with Crippen LogP contribution in [-0.2, 0) is 8.85 Å². The second-order valence-corrected chi connectivity index (χ2v) is 24.5. The van der Waals surface area contributed by atoms with Gasteiger partial charge in [0.15, 0.2) is 16.6 Å². The monoisotopic (exact) mass is 551 g/mol. The van der Waals surface area contributed by atoms with E-state index in [0.29, 0.717) is 5.92 Å². The Kier molecular flexibility index (Phi) is 12.6. The van der Waals surface area contributed by atoms with Crippen molar-refractivity contribution in [2.24, 2.45) is 5.92 Å². The fourth-order valence-electron chi connectivity index (χ4n) is 3.42. The average Bonchev–Trinajstić information content (AvgIpc) is 3.12. The molecule has 1 rings (SSSR count). The second-order valence-electron chi connectivity index (χ2n) is 13.9. The van der Waals surface area contributed by atoms with Crippen molar-refractivity contribution in [2.75, 3.05) is 6.61 Å². The topological polar surface area (TPSA) is 31.4 Å². The molecule has 0 aliphatic heterocycles. The molecule has 0 amide bonds. The summed E-state index contributed by atoms with van der Waals surface area (Å²) >= 11 is 1.70. The molecule has 1 aromatic rings. The smallest absolute Gasteiger partial charge is 0.192 e. The standard InChI is InChI=1S/C30H57NO2SSi2/c1-23(16-15-17-24(2)21-32-35(11,12)29(5,6)7)18-19-28(33-36(13,14)30(8,9)10)25(3)20-27-22-34-26(4)31-27/h18,20,22,24,28H,15-17,19,21H2,1-14H3/b23-18-,25-20+. The van der Waals surface area contributed by atoms with E-state index in [1.54, 1.807) is 11.3 Å². The fourth-order valence-corrected chi connectivity index (χ4v) is 6.47. The number of hydrogen-bond donors (Lipinski definition) is 0. The maximum Gasteiger partial charge on any atom is 0.192 e. The average molecular weight is 552 g/mol. The fraction of sp³-hybridized carbons (Fsp3) is 0.767. The van der Waals surface area contributed by atoms with Crippen LogP contribution < -0.4 is 0 Å². The quantitative estimate of drug-likeness (QED) is 0.180. The number of allylic oxidation sites excluding steroid dienone is 1. The van der Waals surface area contributed by atoms with Gasteiger partial charge in [-0.3, -0.25) is 0 Å². The minimum atomic E-state index is -1.89. The van der Waals surface area contributed by atoms with Gasteiger partial charge in [-0.05, 0) is 100 Å². The SMILES string of the molecule is C/C(=C/CC(O[Si](C)(C)C(C)(C)C)/C(C)=C/c1csc(C)n1)CCCC(C)CO[Si](C)(C)C(C)(C)C. The number of thiazole rings is 1. The lowest BCUT2D eigenvalue weighted by atomic mass is 10.0. The normalized spacial score (nSPS) is 16.4. The van der Waals surface area contributed by atoms with E-state index in [4.69, 9.17) is 8.85 Å². The summed E-state index contributed by atoms with van der Waals surface area (Å²) in [5, 5.41) is 3.71. The van der Waals surface area contributed by atoms with Crippen molar-refractivity contribution in [1.82, 2.24) is 4.98 Å². The molecule has 1 heterocycles. The van der Waals surface area contributed by atoms with Crippen LogP contribution in [0.4, 0.5) is 0 Å². The first-order chi connectivity index (χ1) is 16.2. The van der Waals surface area contributed by atoms with Gasteiger partial charge in [0, 0.05) is 12.0 Å². The molecule has 0 fully saturated rings. The van der Waals surface area contributed by atoms with Crippen LogP contribution in [-0.4, -0.2) is 34.3 Å². The third-order valence-electron chi connectivity index (χ3n) is 8.25. The van der Waals surface area contributed by atoms with Gasteiger partial charge in [-0.1, -0.05) is 60.1 Å². The highest BCUT2D eigenvalue weighted by Gasteiger charge is 2.39. The minimum Gasteiger partial charge on any atom is -0.417 e. The molecule has 0 saturated heterocycles. The van der Waals surface area contributed by atoms with E-state index in [-0.39, 0.29) is 16.2 Å². The molecule has 208 valence electrons. The van der Waals surface area contributed by atoms with Gasteiger partial charge in [-0.2, -0.15) is 0 Å². The van der Waals surface area contributed by atoms with Crippen molar-refractivity contribution >= 4 is 34.0 Å². The van der Waals surface area contributed by atoms with Crippen LogP contribution in [0.3, 0.4) is 0 Å². The zero-order valence-electron chi connectivity index (χ0n) is 26.1. The molecule has 2 unspecified atom stereocenters. The Labute approximate surface area is 230 Å². The second kappa shape index (κ2) is 13.5. The zero-order chi connectivity index (χ0) is 27.9. The number of aromatic nitrogens is 1.